The zero-order valence-corrected chi connectivity index (χ0v) is 6.26. The van der Waals surface area contributed by atoms with Gasteiger partial charge in [-0.3, -0.25) is 4.79 Å². The van der Waals surface area contributed by atoms with E-state index in [0.717, 1.165) is 6.07 Å². The molecule has 0 spiro atoms. The van der Waals surface area contributed by atoms with Crippen molar-refractivity contribution >= 4 is 12.3 Å². The van der Waals surface area contributed by atoms with Crippen LogP contribution in [0.1, 0.15) is 21.0 Å². The molecule has 0 amide bonds. The summed E-state index contributed by atoms with van der Waals surface area (Å²) >= 11 is 0. The molecule has 0 aromatic carbocycles. The van der Waals surface area contributed by atoms with E-state index in [1.807, 2.05) is 0 Å². The number of aromatic nitrogens is 1. The number of aromatic amines is 1. The number of aldehydes is 1. The summed E-state index contributed by atoms with van der Waals surface area (Å²) in [5, 5.41) is 0. The number of hydrogen-bond donors (Lipinski definition) is 1. The molecule has 0 atom stereocenters. The second-order valence-corrected chi connectivity index (χ2v) is 2.05. The van der Waals surface area contributed by atoms with Gasteiger partial charge in [-0.25, -0.2) is 9.18 Å². The predicted molar refractivity (Wildman–Crippen MR) is 37.5 cm³/mol. The van der Waals surface area contributed by atoms with Gasteiger partial charge >= 0.3 is 5.97 Å². The van der Waals surface area contributed by atoms with Gasteiger partial charge in [0.2, 0.25) is 0 Å². The Kier molecular flexibility index (Phi) is 2.23. The van der Waals surface area contributed by atoms with E-state index in [-0.39, 0.29) is 11.4 Å². The van der Waals surface area contributed by atoms with Gasteiger partial charge in [0.1, 0.15) is 11.4 Å². The number of nitrogens with one attached hydrogen (secondary N) is 1. The highest BCUT2D eigenvalue weighted by molar-refractivity contribution is 5.89. The Balaban J connectivity index is 3.04. The van der Waals surface area contributed by atoms with Crippen molar-refractivity contribution < 1.29 is 18.7 Å². The van der Waals surface area contributed by atoms with Crippen LogP contribution < -0.4 is 0 Å². The minimum atomic E-state index is -0.759. The van der Waals surface area contributed by atoms with E-state index >= 15 is 0 Å². The Bertz CT molecular complexity index is 318. The van der Waals surface area contributed by atoms with Crippen LogP contribution in [-0.4, -0.2) is 24.3 Å². The second-order valence-electron chi connectivity index (χ2n) is 2.05. The molecular formula is C7H6FNO3. The Hall–Kier alpha value is -1.65. The van der Waals surface area contributed by atoms with Crippen molar-refractivity contribution in [1.29, 1.82) is 0 Å². The van der Waals surface area contributed by atoms with Crippen molar-refractivity contribution in [2.45, 2.75) is 0 Å². The number of methoxy groups -OCH3 is 1. The Morgan fingerprint density at radius 3 is 2.83 bits per heavy atom. The van der Waals surface area contributed by atoms with Gasteiger partial charge in [-0.2, -0.15) is 0 Å². The van der Waals surface area contributed by atoms with E-state index in [1.54, 1.807) is 0 Å². The predicted octanol–water partition coefficient (Wildman–Crippen LogP) is 0.753. The molecule has 1 rings (SSSR count). The summed E-state index contributed by atoms with van der Waals surface area (Å²) in [4.78, 5) is 23.2. The summed E-state index contributed by atoms with van der Waals surface area (Å²) in [5.41, 5.74) is -0.326. The summed E-state index contributed by atoms with van der Waals surface area (Å²) < 4.78 is 16.9. The van der Waals surface area contributed by atoms with Gasteiger partial charge in [-0.1, -0.05) is 0 Å². The zero-order chi connectivity index (χ0) is 9.14. The summed E-state index contributed by atoms with van der Waals surface area (Å²) in [6.45, 7) is 0. The molecule has 1 N–H and O–H groups in total. The number of ether oxygens (including phenoxy) is 1. The average Bonchev–Trinajstić information content (AvgIpc) is 2.45. The standard InChI is InChI=1S/C7H6FNO3/c1-12-7(11)5-2-4(8)6(3-10)9-5/h2-3,9H,1H3. The SMILES string of the molecule is COC(=O)c1cc(F)c(C=O)[nH]1. The maximum atomic E-state index is 12.6. The molecule has 0 radical (unpaired) electrons. The molecule has 0 saturated heterocycles. The maximum absolute atomic E-state index is 12.6. The number of carbonyl (C=O) groups is 2. The van der Waals surface area contributed by atoms with Gasteiger partial charge in [0.05, 0.1) is 7.11 Å². The normalized spacial score (nSPS) is 9.50. The fraction of sp³-hybridized carbons (Fsp3) is 0.143. The number of H-pyrrole nitrogens is 1. The van der Waals surface area contributed by atoms with Crippen molar-refractivity contribution in [2.75, 3.05) is 7.11 Å². The highest BCUT2D eigenvalue weighted by Gasteiger charge is 2.12. The molecule has 0 bridgehead atoms. The Morgan fingerprint density at radius 2 is 2.42 bits per heavy atom. The quantitative estimate of drug-likeness (QED) is 0.527. The van der Waals surface area contributed by atoms with Gasteiger partial charge in [0.25, 0.3) is 0 Å². The lowest BCUT2D eigenvalue weighted by atomic mass is 10.4. The fourth-order valence-corrected chi connectivity index (χ4v) is 0.751. The first kappa shape index (κ1) is 8.45. The maximum Gasteiger partial charge on any atom is 0.354 e. The van der Waals surface area contributed by atoms with Crippen molar-refractivity contribution in [3.63, 3.8) is 0 Å². The molecule has 0 fully saturated rings. The lowest BCUT2D eigenvalue weighted by Gasteiger charge is -1.91. The van der Waals surface area contributed by atoms with E-state index in [2.05, 4.69) is 9.72 Å². The molecule has 0 unspecified atom stereocenters. The third-order valence-corrected chi connectivity index (χ3v) is 1.32. The van der Waals surface area contributed by atoms with E-state index in [4.69, 9.17) is 0 Å². The van der Waals surface area contributed by atoms with Crippen LogP contribution in [0, 0.1) is 5.82 Å². The van der Waals surface area contributed by atoms with E-state index in [1.165, 1.54) is 7.11 Å². The van der Waals surface area contributed by atoms with Gasteiger partial charge < -0.3 is 9.72 Å². The monoisotopic (exact) mass is 171 g/mol. The van der Waals surface area contributed by atoms with Gasteiger partial charge in [-0.15, -0.1) is 0 Å². The molecule has 0 aliphatic rings. The molecule has 64 valence electrons. The second kappa shape index (κ2) is 3.17. The molecular weight excluding hydrogens is 165 g/mol. The molecule has 0 aliphatic carbocycles. The van der Waals surface area contributed by atoms with Crippen LogP contribution in [0.15, 0.2) is 6.07 Å². The largest absolute Gasteiger partial charge is 0.464 e. The van der Waals surface area contributed by atoms with Crippen molar-refractivity contribution in [3.8, 4) is 0 Å². The third kappa shape index (κ3) is 1.34. The third-order valence-electron chi connectivity index (χ3n) is 1.32. The average molecular weight is 171 g/mol. The molecule has 0 saturated carbocycles. The zero-order valence-electron chi connectivity index (χ0n) is 6.26. The highest BCUT2D eigenvalue weighted by Crippen LogP contribution is 2.07. The number of halogens is 1. The molecule has 5 heteroatoms. The molecule has 1 aromatic heterocycles. The summed E-state index contributed by atoms with van der Waals surface area (Å²) in [7, 11) is 1.17. The van der Waals surface area contributed by atoms with Crippen molar-refractivity contribution in [3.05, 3.63) is 23.3 Å². The van der Waals surface area contributed by atoms with Crippen LogP contribution in [0.3, 0.4) is 0 Å². The van der Waals surface area contributed by atoms with Gasteiger partial charge in [0, 0.05) is 6.07 Å². The van der Waals surface area contributed by atoms with Crippen molar-refractivity contribution in [2.24, 2.45) is 0 Å². The molecule has 1 heterocycles. The molecule has 0 aliphatic heterocycles. The van der Waals surface area contributed by atoms with Gasteiger partial charge in [-0.05, 0) is 0 Å². The van der Waals surface area contributed by atoms with Crippen LogP contribution in [-0.2, 0) is 4.74 Å². The van der Waals surface area contributed by atoms with E-state index < -0.39 is 11.8 Å². The summed E-state index contributed by atoms with van der Waals surface area (Å²) in [5.74, 6) is -1.47. The summed E-state index contributed by atoms with van der Waals surface area (Å²) in [6, 6.07) is 0.912. The van der Waals surface area contributed by atoms with Crippen molar-refractivity contribution in [1.82, 2.24) is 4.98 Å². The topological polar surface area (TPSA) is 59.2 Å². The number of carbonyl (C=O) groups excluding carboxylic acids is 2. The minimum Gasteiger partial charge on any atom is -0.464 e. The van der Waals surface area contributed by atoms with Crippen LogP contribution in [0.25, 0.3) is 0 Å². The first-order chi connectivity index (χ1) is 5.69. The van der Waals surface area contributed by atoms with E-state index in [0.29, 0.717) is 6.29 Å². The number of hydrogen-bond acceptors (Lipinski definition) is 3. The lowest BCUT2D eigenvalue weighted by molar-refractivity contribution is 0.0594. The fourth-order valence-electron chi connectivity index (χ4n) is 0.751. The highest BCUT2D eigenvalue weighted by atomic mass is 19.1. The van der Waals surface area contributed by atoms with Crippen LogP contribution in [0.5, 0.6) is 0 Å². The minimum absolute atomic E-state index is 0.0721. The van der Waals surface area contributed by atoms with Crippen LogP contribution >= 0.6 is 0 Å². The van der Waals surface area contributed by atoms with E-state index in [9.17, 15) is 14.0 Å². The Morgan fingerprint density at radius 1 is 1.75 bits per heavy atom. The first-order valence-electron chi connectivity index (χ1n) is 3.11. The lowest BCUT2D eigenvalue weighted by Crippen LogP contribution is -2.01. The van der Waals surface area contributed by atoms with Gasteiger partial charge in [0.15, 0.2) is 12.1 Å². The molecule has 1 aromatic rings. The molecule has 12 heavy (non-hydrogen) atoms. The number of rotatable bonds is 2. The van der Waals surface area contributed by atoms with Crippen LogP contribution in [0.2, 0.25) is 0 Å². The number of esters is 1. The molecule has 4 nitrogen and oxygen atoms in total. The first-order valence-corrected chi connectivity index (χ1v) is 3.11. The Labute approximate surface area is 67.3 Å². The van der Waals surface area contributed by atoms with Crippen LogP contribution in [0.4, 0.5) is 4.39 Å². The smallest absolute Gasteiger partial charge is 0.354 e. The summed E-state index contributed by atoms with van der Waals surface area (Å²) in [6.07, 6.45) is 0.293.